The zero-order chi connectivity index (χ0) is 17.8. The smallest absolute Gasteiger partial charge is 0.323 e. The number of carbonyl (C=O) groups is 1. The molecule has 0 bridgehead atoms. The van der Waals surface area contributed by atoms with Crippen LogP contribution in [0.25, 0.3) is 11.0 Å². The number of rotatable bonds is 6. The molecule has 3 unspecified atom stereocenters. The predicted molar refractivity (Wildman–Crippen MR) is 94.5 cm³/mol. The highest BCUT2D eigenvalue weighted by Gasteiger charge is 2.20. The number of H-pyrrole nitrogens is 2. The Morgan fingerprint density at radius 1 is 1.32 bits per heavy atom. The number of carbonyl (C=O) groups excluding carboxylic acids is 1. The van der Waals surface area contributed by atoms with Gasteiger partial charge in [-0.25, -0.2) is 4.79 Å². The molecule has 2 aromatic rings. The van der Waals surface area contributed by atoms with Crippen molar-refractivity contribution in [1.29, 1.82) is 0 Å². The molecule has 0 saturated carbocycles. The third-order valence-electron chi connectivity index (χ3n) is 4.57. The molecule has 136 valence electrons. The SMILES string of the molecule is CC(OCC1CCCCO1)C(=O)NC(C)c1ccc2[nH]c(=O)[nH]c2c1. The van der Waals surface area contributed by atoms with Crippen LogP contribution in [0.2, 0.25) is 0 Å². The second kappa shape index (κ2) is 7.84. The Labute approximate surface area is 146 Å². The van der Waals surface area contributed by atoms with Crippen LogP contribution in [-0.4, -0.2) is 41.3 Å². The van der Waals surface area contributed by atoms with Crippen molar-refractivity contribution >= 4 is 16.9 Å². The van der Waals surface area contributed by atoms with Crippen molar-refractivity contribution in [3.8, 4) is 0 Å². The fourth-order valence-corrected chi connectivity index (χ4v) is 3.00. The average Bonchev–Trinajstić information content (AvgIpc) is 2.99. The van der Waals surface area contributed by atoms with Crippen LogP contribution in [-0.2, 0) is 14.3 Å². The maximum Gasteiger partial charge on any atom is 0.323 e. The van der Waals surface area contributed by atoms with Crippen molar-refractivity contribution < 1.29 is 14.3 Å². The number of fused-ring (bicyclic) bond motifs is 1. The van der Waals surface area contributed by atoms with Crippen LogP contribution in [0.3, 0.4) is 0 Å². The van der Waals surface area contributed by atoms with Crippen molar-refractivity contribution in [3.05, 3.63) is 34.2 Å². The maximum atomic E-state index is 12.3. The van der Waals surface area contributed by atoms with Gasteiger partial charge in [-0.05, 0) is 50.8 Å². The molecule has 3 rings (SSSR count). The number of aromatic amines is 2. The van der Waals surface area contributed by atoms with Gasteiger partial charge in [0, 0.05) is 6.61 Å². The minimum Gasteiger partial charge on any atom is -0.376 e. The lowest BCUT2D eigenvalue weighted by Crippen LogP contribution is -2.38. The number of nitrogens with one attached hydrogen (secondary N) is 3. The number of amides is 1. The third-order valence-corrected chi connectivity index (χ3v) is 4.57. The molecule has 1 saturated heterocycles. The molecule has 2 heterocycles. The van der Waals surface area contributed by atoms with Crippen LogP contribution in [0, 0.1) is 0 Å². The van der Waals surface area contributed by atoms with Crippen molar-refractivity contribution in [3.63, 3.8) is 0 Å². The Balaban J connectivity index is 1.53. The minimum atomic E-state index is -0.538. The Morgan fingerprint density at radius 2 is 2.12 bits per heavy atom. The first-order chi connectivity index (χ1) is 12.0. The van der Waals surface area contributed by atoms with Crippen LogP contribution in [0.5, 0.6) is 0 Å². The van der Waals surface area contributed by atoms with E-state index < -0.39 is 6.10 Å². The standard InChI is InChI=1S/C18H25N3O4/c1-11(13-6-7-15-16(9-13)21-18(23)20-15)19-17(22)12(2)25-10-14-5-3-4-8-24-14/h6-7,9,11-12,14H,3-5,8,10H2,1-2H3,(H,19,22)(H2,20,21,23). The molecule has 0 aliphatic carbocycles. The van der Waals surface area contributed by atoms with Gasteiger partial charge in [0.25, 0.3) is 0 Å². The topological polar surface area (TPSA) is 96.2 Å². The predicted octanol–water partition coefficient (Wildman–Crippen LogP) is 2.01. The van der Waals surface area contributed by atoms with Gasteiger partial charge in [-0.2, -0.15) is 0 Å². The van der Waals surface area contributed by atoms with Crippen LogP contribution >= 0.6 is 0 Å². The Morgan fingerprint density at radius 3 is 2.88 bits per heavy atom. The van der Waals surface area contributed by atoms with Crippen molar-refractivity contribution in [1.82, 2.24) is 15.3 Å². The molecule has 1 fully saturated rings. The van der Waals surface area contributed by atoms with E-state index in [1.807, 2.05) is 25.1 Å². The number of hydrogen-bond donors (Lipinski definition) is 3. The molecule has 1 aromatic heterocycles. The number of hydrogen-bond acceptors (Lipinski definition) is 4. The maximum absolute atomic E-state index is 12.3. The summed E-state index contributed by atoms with van der Waals surface area (Å²) in [5.74, 6) is -0.161. The molecule has 1 aliphatic rings. The van der Waals surface area contributed by atoms with Crippen LogP contribution < -0.4 is 11.0 Å². The van der Waals surface area contributed by atoms with E-state index in [9.17, 15) is 9.59 Å². The highest BCUT2D eigenvalue weighted by atomic mass is 16.5. The zero-order valence-electron chi connectivity index (χ0n) is 14.6. The highest BCUT2D eigenvalue weighted by molar-refractivity contribution is 5.81. The molecule has 3 N–H and O–H groups in total. The van der Waals surface area contributed by atoms with Gasteiger partial charge in [-0.15, -0.1) is 0 Å². The first-order valence-corrected chi connectivity index (χ1v) is 8.78. The summed E-state index contributed by atoms with van der Waals surface area (Å²) in [6.45, 7) is 4.87. The lowest BCUT2D eigenvalue weighted by Gasteiger charge is -2.24. The number of benzene rings is 1. The van der Waals surface area contributed by atoms with E-state index in [0.29, 0.717) is 6.61 Å². The normalized spacial score (nSPS) is 20.3. The molecule has 1 amide bonds. The monoisotopic (exact) mass is 347 g/mol. The molecular weight excluding hydrogens is 322 g/mol. The van der Waals surface area contributed by atoms with E-state index in [1.54, 1.807) is 6.92 Å². The molecular formula is C18H25N3O4. The molecule has 3 atom stereocenters. The van der Waals surface area contributed by atoms with Gasteiger partial charge in [0.1, 0.15) is 6.10 Å². The van der Waals surface area contributed by atoms with Gasteiger partial charge in [0.05, 0.1) is 29.8 Å². The number of imidazole rings is 1. The third kappa shape index (κ3) is 4.49. The van der Waals surface area contributed by atoms with E-state index in [2.05, 4.69) is 15.3 Å². The lowest BCUT2D eigenvalue weighted by molar-refractivity contribution is -0.136. The van der Waals surface area contributed by atoms with Gasteiger partial charge in [-0.1, -0.05) is 6.07 Å². The van der Waals surface area contributed by atoms with E-state index >= 15 is 0 Å². The molecule has 7 nitrogen and oxygen atoms in total. The van der Waals surface area contributed by atoms with Gasteiger partial charge in [-0.3, -0.25) is 4.79 Å². The summed E-state index contributed by atoms with van der Waals surface area (Å²) in [6.07, 6.45) is 2.79. The quantitative estimate of drug-likeness (QED) is 0.745. The second-order valence-corrected chi connectivity index (χ2v) is 6.58. The summed E-state index contributed by atoms with van der Waals surface area (Å²) >= 11 is 0. The first-order valence-electron chi connectivity index (χ1n) is 8.78. The van der Waals surface area contributed by atoms with Crippen LogP contribution in [0.15, 0.2) is 23.0 Å². The summed E-state index contributed by atoms with van der Waals surface area (Å²) in [6, 6.07) is 5.39. The highest BCUT2D eigenvalue weighted by Crippen LogP contribution is 2.18. The van der Waals surface area contributed by atoms with Gasteiger partial charge < -0.3 is 24.8 Å². The molecule has 25 heavy (non-hydrogen) atoms. The van der Waals surface area contributed by atoms with Gasteiger partial charge in [0.15, 0.2) is 0 Å². The summed E-state index contributed by atoms with van der Waals surface area (Å²) in [5, 5.41) is 2.95. The lowest BCUT2D eigenvalue weighted by atomic mass is 10.1. The summed E-state index contributed by atoms with van der Waals surface area (Å²) in [4.78, 5) is 29.1. The van der Waals surface area contributed by atoms with Crippen LogP contribution in [0.1, 0.15) is 44.7 Å². The fourth-order valence-electron chi connectivity index (χ4n) is 3.00. The van der Waals surface area contributed by atoms with Crippen molar-refractivity contribution in [2.24, 2.45) is 0 Å². The van der Waals surface area contributed by atoms with E-state index in [4.69, 9.17) is 9.47 Å². The minimum absolute atomic E-state index is 0.0919. The van der Waals surface area contributed by atoms with Gasteiger partial charge in [0.2, 0.25) is 5.91 Å². The van der Waals surface area contributed by atoms with E-state index in [0.717, 1.165) is 42.5 Å². The summed E-state index contributed by atoms with van der Waals surface area (Å²) < 4.78 is 11.3. The second-order valence-electron chi connectivity index (χ2n) is 6.58. The Kier molecular flexibility index (Phi) is 5.55. The number of aromatic nitrogens is 2. The Bertz CT molecular complexity index is 776. The molecule has 1 aromatic carbocycles. The Hall–Kier alpha value is -2.12. The van der Waals surface area contributed by atoms with E-state index in [-0.39, 0.29) is 23.7 Å². The largest absolute Gasteiger partial charge is 0.376 e. The molecule has 7 heteroatoms. The molecule has 1 aliphatic heterocycles. The van der Waals surface area contributed by atoms with Gasteiger partial charge >= 0.3 is 5.69 Å². The molecule has 0 radical (unpaired) electrons. The summed E-state index contributed by atoms with van der Waals surface area (Å²) in [7, 11) is 0. The van der Waals surface area contributed by atoms with E-state index in [1.165, 1.54) is 0 Å². The van der Waals surface area contributed by atoms with Crippen molar-refractivity contribution in [2.45, 2.75) is 51.4 Å². The fraction of sp³-hybridized carbons (Fsp3) is 0.556. The zero-order valence-corrected chi connectivity index (χ0v) is 14.6. The molecule has 0 spiro atoms. The number of ether oxygens (including phenoxy) is 2. The van der Waals surface area contributed by atoms with Crippen molar-refractivity contribution in [2.75, 3.05) is 13.2 Å². The average molecular weight is 347 g/mol. The van der Waals surface area contributed by atoms with Crippen LogP contribution in [0.4, 0.5) is 0 Å². The first kappa shape index (κ1) is 17.7. The summed E-state index contributed by atoms with van der Waals surface area (Å²) in [5.41, 5.74) is 2.15.